The Kier molecular flexibility index (Phi) is 8.27. The highest BCUT2D eigenvalue weighted by Crippen LogP contribution is 2.47. The van der Waals surface area contributed by atoms with Crippen LogP contribution >= 0.6 is 11.6 Å². The zero-order valence-corrected chi connectivity index (χ0v) is 26.8. The fourth-order valence-corrected chi connectivity index (χ4v) is 8.09. The first-order valence-electron chi connectivity index (χ1n) is 16.1. The van der Waals surface area contributed by atoms with E-state index in [2.05, 4.69) is 16.5 Å². The Bertz CT molecular complexity index is 1750. The highest BCUT2D eigenvalue weighted by atomic mass is 35.5. The molecule has 1 aromatic heterocycles. The summed E-state index contributed by atoms with van der Waals surface area (Å²) in [6.07, 6.45) is 4.73. The van der Waals surface area contributed by atoms with Gasteiger partial charge < -0.3 is 19.3 Å². The van der Waals surface area contributed by atoms with E-state index in [1.165, 1.54) is 18.2 Å². The molecule has 3 saturated heterocycles. The van der Waals surface area contributed by atoms with Gasteiger partial charge in [-0.1, -0.05) is 18.2 Å². The van der Waals surface area contributed by atoms with E-state index in [1.807, 2.05) is 18.7 Å². The van der Waals surface area contributed by atoms with E-state index in [0.29, 0.717) is 48.3 Å². The normalized spacial score (nSPS) is 26.0. The molecule has 5 atom stereocenters. The molecule has 0 aliphatic carbocycles. The van der Waals surface area contributed by atoms with E-state index >= 15 is 4.39 Å². The van der Waals surface area contributed by atoms with Gasteiger partial charge in [-0.3, -0.25) is 14.3 Å². The molecule has 2 aromatic carbocycles. The van der Waals surface area contributed by atoms with Crippen LogP contribution in [0.25, 0.3) is 22.0 Å². The summed E-state index contributed by atoms with van der Waals surface area (Å²) in [6.45, 7) is 11.1. The molecule has 2 bridgehead atoms. The number of anilines is 1. The predicted octanol–water partition coefficient (Wildman–Crippen LogP) is 5.01. The van der Waals surface area contributed by atoms with Gasteiger partial charge in [0.15, 0.2) is 5.75 Å². The van der Waals surface area contributed by atoms with Gasteiger partial charge in [0, 0.05) is 59.8 Å². The third-order valence-electron chi connectivity index (χ3n) is 10.1. The number of morpholine rings is 1. The lowest BCUT2D eigenvalue weighted by molar-refractivity contribution is -0.128. The maximum absolute atomic E-state index is 15.3. The molecule has 2 unspecified atom stereocenters. The maximum Gasteiger partial charge on any atom is 0.350 e. The first-order chi connectivity index (χ1) is 22.1. The van der Waals surface area contributed by atoms with Crippen molar-refractivity contribution in [2.45, 2.75) is 76.3 Å². The van der Waals surface area contributed by atoms with Crippen molar-refractivity contribution >= 4 is 34.2 Å². The summed E-state index contributed by atoms with van der Waals surface area (Å²) in [4.78, 5) is 37.2. The largest absolute Gasteiger partial charge is 0.486 e. The lowest BCUT2D eigenvalue weighted by Crippen LogP contribution is -2.58. The van der Waals surface area contributed by atoms with Crippen LogP contribution in [-0.2, 0) is 16.1 Å². The minimum absolute atomic E-state index is 0.0877. The molecule has 12 heteroatoms. The number of amides is 1. The fourth-order valence-electron chi connectivity index (χ4n) is 7.79. The number of hydrogen-bond donors (Lipinski definition) is 0. The molecule has 0 saturated carbocycles. The van der Waals surface area contributed by atoms with Crippen molar-refractivity contribution in [3.8, 4) is 16.9 Å². The molecule has 7 rings (SSSR count). The first kappa shape index (κ1) is 31.1. The van der Waals surface area contributed by atoms with Crippen LogP contribution in [0.15, 0.2) is 41.7 Å². The quantitative estimate of drug-likeness (QED) is 0.332. The molecular weight excluding hydrogens is 616 g/mol. The summed E-state index contributed by atoms with van der Waals surface area (Å²) >= 11 is 6.95. The van der Waals surface area contributed by atoms with E-state index < -0.39 is 17.3 Å². The van der Waals surface area contributed by atoms with Gasteiger partial charge in [0.25, 0.3) is 0 Å². The Morgan fingerprint density at radius 1 is 1.11 bits per heavy atom. The molecule has 4 aliphatic rings. The average molecular weight is 654 g/mol. The van der Waals surface area contributed by atoms with Gasteiger partial charge in [0.05, 0.1) is 30.3 Å². The second kappa shape index (κ2) is 12.2. The summed E-state index contributed by atoms with van der Waals surface area (Å²) in [5, 5.41) is 0.796. The molecule has 5 heterocycles. The van der Waals surface area contributed by atoms with Gasteiger partial charge in [0.2, 0.25) is 5.91 Å². The number of hydrogen-bond acceptors (Lipinski definition) is 7. The van der Waals surface area contributed by atoms with E-state index in [9.17, 15) is 14.0 Å². The van der Waals surface area contributed by atoms with Crippen LogP contribution in [0.2, 0.25) is 5.02 Å². The number of carbonyl (C=O) groups excluding carboxylic acids is 1. The van der Waals surface area contributed by atoms with E-state index in [-0.39, 0.29) is 52.5 Å². The smallest absolute Gasteiger partial charge is 0.350 e. The summed E-state index contributed by atoms with van der Waals surface area (Å²) < 4.78 is 43.3. The number of nitrogens with zero attached hydrogens (tertiary/aromatic N) is 5. The lowest BCUT2D eigenvalue weighted by Gasteiger charge is -2.44. The van der Waals surface area contributed by atoms with Crippen molar-refractivity contribution in [2.75, 3.05) is 37.7 Å². The Morgan fingerprint density at radius 3 is 2.59 bits per heavy atom. The van der Waals surface area contributed by atoms with Gasteiger partial charge in [0.1, 0.15) is 23.6 Å². The monoisotopic (exact) mass is 653 g/mol. The molecule has 4 aliphatic heterocycles. The number of piperazine rings is 1. The Morgan fingerprint density at radius 2 is 1.87 bits per heavy atom. The minimum atomic E-state index is -0.778. The minimum Gasteiger partial charge on any atom is -0.486 e. The maximum atomic E-state index is 15.3. The number of aromatic nitrogens is 2. The van der Waals surface area contributed by atoms with Gasteiger partial charge in [-0.2, -0.15) is 4.98 Å². The molecule has 3 aromatic rings. The summed E-state index contributed by atoms with van der Waals surface area (Å²) in [5.41, 5.74) is 0.395. The van der Waals surface area contributed by atoms with Crippen LogP contribution in [0.3, 0.4) is 0 Å². The Hall–Kier alpha value is -3.54. The van der Waals surface area contributed by atoms with Gasteiger partial charge >= 0.3 is 5.69 Å². The number of carbonyl (C=O) groups is 1. The summed E-state index contributed by atoms with van der Waals surface area (Å²) in [7, 11) is 0. The Labute approximate surface area is 271 Å². The van der Waals surface area contributed by atoms with Crippen LogP contribution in [0.4, 0.5) is 14.6 Å². The summed E-state index contributed by atoms with van der Waals surface area (Å²) in [5.74, 6) is -0.917. The second-order valence-corrected chi connectivity index (χ2v) is 13.4. The predicted molar refractivity (Wildman–Crippen MR) is 173 cm³/mol. The third-order valence-corrected chi connectivity index (χ3v) is 10.4. The van der Waals surface area contributed by atoms with Crippen LogP contribution < -0.4 is 15.3 Å². The molecule has 9 nitrogen and oxygen atoms in total. The van der Waals surface area contributed by atoms with Crippen molar-refractivity contribution in [1.82, 2.24) is 19.4 Å². The van der Waals surface area contributed by atoms with Crippen LogP contribution in [0.5, 0.6) is 5.75 Å². The second-order valence-electron chi connectivity index (χ2n) is 13.0. The molecule has 0 radical (unpaired) electrons. The highest BCUT2D eigenvalue weighted by Gasteiger charge is 2.38. The number of halogens is 3. The van der Waals surface area contributed by atoms with Crippen molar-refractivity contribution in [3.05, 3.63) is 64.1 Å². The van der Waals surface area contributed by atoms with Crippen molar-refractivity contribution in [1.29, 1.82) is 0 Å². The molecular formula is C34H38ClF2N5O4. The molecule has 0 spiro atoms. The molecule has 0 N–H and O–H groups in total. The van der Waals surface area contributed by atoms with Gasteiger partial charge in [-0.15, -0.1) is 0 Å². The van der Waals surface area contributed by atoms with Gasteiger partial charge in [-0.05, 0) is 70.4 Å². The molecule has 46 heavy (non-hydrogen) atoms. The van der Waals surface area contributed by atoms with Crippen LogP contribution in [0, 0.1) is 11.6 Å². The molecule has 1 amide bonds. The zero-order chi connectivity index (χ0) is 32.3. The molecule has 3 fully saturated rings. The van der Waals surface area contributed by atoms with E-state index in [0.717, 1.165) is 45.1 Å². The SMILES string of the molecule is C=CC(=O)N1C[C@H](C)N(c2nc(=O)n3c4c(c(-c5ccc(F)cc5F)c(Cl)cc24)O[C@H](CCCN2C4CCC2COC4)C3)C[C@H]1C. The van der Waals surface area contributed by atoms with Crippen molar-refractivity contribution in [3.63, 3.8) is 0 Å². The Balaban J connectivity index is 1.28. The van der Waals surface area contributed by atoms with Crippen molar-refractivity contribution in [2.24, 2.45) is 0 Å². The van der Waals surface area contributed by atoms with E-state index in [4.69, 9.17) is 21.1 Å². The molecule has 244 valence electrons. The lowest BCUT2D eigenvalue weighted by atomic mass is 9.98. The topological polar surface area (TPSA) is 80.1 Å². The average Bonchev–Trinajstić information content (AvgIpc) is 3.24. The van der Waals surface area contributed by atoms with Crippen molar-refractivity contribution < 1.29 is 23.0 Å². The summed E-state index contributed by atoms with van der Waals surface area (Å²) in [6, 6.07) is 5.58. The van der Waals surface area contributed by atoms with Crippen LogP contribution in [-0.4, -0.2) is 88.4 Å². The fraction of sp³-hybridized carbons (Fsp3) is 0.500. The highest BCUT2D eigenvalue weighted by molar-refractivity contribution is 6.35. The number of benzene rings is 2. The standard InChI is InChI=1S/C34H38ClF2N5O4/c1-4-29(43)40-14-20(3)41(15-19(40)2)33-26-13-27(35)30(25-10-7-21(36)12-28(25)37)32-31(26)42(34(44)38-33)16-24(46-32)6-5-11-39-22-8-9-23(39)18-45-17-22/h4,7,10,12-13,19-20,22-24H,1,5-6,8-9,11,14-18H2,2-3H3/t19-,20+,22?,23?,24-/m1/s1. The number of ether oxygens (including phenoxy) is 2. The van der Waals surface area contributed by atoms with Gasteiger partial charge in [-0.25, -0.2) is 13.6 Å². The van der Waals surface area contributed by atoms with Crippen LogP contribution in [0.1, 0.15) is 39.5 Å². The van der Waals surface area contributed by atoms with E-state index in [1.54, 1.807) is 15.5 Å². The first-order valence-corrected chi connectivity index (χ1v) is 16.4. The third kappa shape index (κ3) is 5.36. The number of fused-ring (bicyclic) bond motifs is 2. The zero-order valence-electron chi connectivity index (χ0n) is 26.1. The number of rotatable bonds is 7.